The molecule has 0 spiro atoms. The number of fused-ring (bicyclic) bond motifs is 3. The van der Waals surface area contributed by atoms with Crippen LogP contribution in [0.1, 0.15) is 69.9 Å². The van der Waals surface area contributed by atoms with Crippen LogP contribution in [0.3, 0.4) is 0 Å². The summed E-state index contributed by atoms with van der Waals surface area (Å²) in [4.78, 5) is 38.5. The highest BCUT2D eigenvalue weighted by atomic mass is 16.6. The standard InChI is InChI=1S/C30H38N2O6/c1-30(2,3)38-28(35)31-21(17-20-14-15-20)18-32(16-8-13-27(33)34)29(36)37-19-26-24-11-6-4-9-22(24)23-10-5-7-12-25(23)26/h4-7,9-12,20-21,26H,8,13-19H2,1-3H3,(H,31,35)(H,33,34). The first-order valence-corrected chi connectivity index (χ1v) is 13.4. The molecule has 1 fully saturated rings. The Hall–Kier alpha value is -3.55. The molecule has 2 aromatic rings. The number of carboxylic acid groups (broad SMARTS) is 1. The number of nitrogens with zero attached hydrogens (tertiary/aromatic N) is 1. The maximum atomic E-state index is 13.4. The molecular formula is C30H38N2O6. The lowest BCUT2D eigenvalue weighted by Crippen LogP contribution is -2.48. The quantitative estimate of drug-likeness (QED) is 0.387. The molecule has 1 atom stereocenters. The number of nitrogens with one attached hydrogen (secondary N) is 1. The molecule has 8 nitrogen and oxygen atoms in total. The van der Waals surface area contributed by atoms with Gasteiger partial charge in [-0.3, -0.25) is 4.79 Å². The van der Waals surface area contributed by atoms with Crippen molar-refractivity contribution in [1.82, 2.24) is 10.2 Å². The summed E-state index contributed by atoms with van der Waals surface area (Å²) in [6, 6.07) is 16.0. The summed E-state index contributed by atoms with van der Waals surface area (Å²) in [5.41, 5.74) is 3.90. The molecule has 4 rings (SSSR count). The van der Waals surface area contributed by atoms with Crippen molar-refractivity contribution in [3.05, 3.63) is 59.7 Å². The molecule has 204 valence electrons. The molecule has 38 heavy (non-hydrogen) atoms. The van der Waals surface area contributed by atoms with Crippen molar-refractivity contribution in [3.63, 3.8) is 0 Å². The van der Waals surface area contributed by atoms with Gasteiger partial charge >= 0.3 is 18.2 Å². The normalized spacial score (nSPS) is 15.2. The molecule has 2 aliphatic carbocycles. The Morgan fingerprint density at radius 2 is 1.63 bits per heavy atom. The fourth-order valence-corrected chi connectivity index (χ4v) is 5.04. The third kappa shape index (κ3) is 7.49. The molecule has 2 N–H and O–H groups in total. The Labute approximate surface area is 224 Å². The molecule has 0 radical (unpaired) electrons. The van der Waals surface area contributed by atoms with Crippen LogP contribution >= 0.6 is 0 Å². The van der Waals surface area contributed by atoms with E-state index in [4.69, 9.17) is 14.6 Å². The van der Waals surface area contributed by atoms with E-state index in [1.807, 2.05) is 24.3 Å². The molecule has 2 amide bonds. The minimum absolute atomic E-state index is 0.0556. The van der Waals surface area contributed by atoms with Crippen molar-refractivity contribution in [2.24, 2.45) is 5.92 Å². The molecule has 0 heterocycles. The minimum Gasteiger partial charge on any atom is -0.481 e. The van der Waals surface area contributed by atoms with Crippen LogP contribution in [0.5, 0.6) is 0 Å². The van der Waals surface area contributed by atoms with E-state index in [9.17, 15) is 14.4 Å². The first-order chi connectivity index (χ1) is 18.1. The fraction of sp³-hybridized carbons (Fsp3) is 0.500. The Morgan fingerprint density at radius 3 is 2.18 bits per heavy atom. The van der Waals surface area contributed by atoms with E-state index in [0.717, 1.165) is 41.5 Å². The van der Waals surface area contributed by atoms with Gasteiger partial charge in [-0.2, -0.15) is 0 Å². The van der Waals surface area contributed by atoms with Crippen molar-refractivity contribution >= 4 is 18.2 Å². The summed E-state index contributed by atoms with van der Waals surface area (Å²) >= 11 is 0. The number of ether oxygens (including phenoxy) is 2. The number of carboxylic acids is 1. The Bertz CT molecular complexity index is 1110. The van der Waals surface area contributed by atoms with Gasteiger partial charge in [0.15, 0.2) is 0 Å². The van der Waals surface area contributed by atoms with Gasteiger partial charge in [-0.1, -0.05) is 61.4 Å². The minimum atomic E-state index is -0.918. The van der Waals surface area contributed by atoms with Crippen LogP contribution in [-0.4, -0.2) is 59.5 Å². The lowest BCUT2D eigenvalue weighted by molar-refractivity contribution is -0.137. The van der Waals surface area contributed by atoms with Gasteiger partial charge in [0.1, 0.15) is 12.2 Å². The summed E-state index contributed by atoms with van der Waals surface area (Å²) in [5, 5.41) is 12.1. The number of benzene rings is 2. The lowest BCUT2D eigenvalue weighted by Gasteiger charge is -2.29. The number of carbonyl (C=O) groups is 3. The summed E-state index contributed by atoms with van der Waals surface area (Å²) in [6.45, 7) is 6.04. The van der Waals surface area contributed by atoms with E-state index in [1.54, 1.807) is 20.8 Å². The molecule has 0 aromatic heterocycles. The second kappa shape index (κ2) is 11.9. The van der Waals surface area contributed by atoms with E-state index < -0.39 is 23.8 Å². The van der Waals surface area contributed by atoms with Gasteiger partial charge in [-0.25, -0.2) is 9.59 Å². The molecule has 1 unspecified atom stereocenters. The van der Waals surface area contributed by atoms with Gasteiger partial charge in [0.05, 0.1) is 6.04 Å². The Kier molecular flexibility index (Phi) is 8.59. The first kappa shape index (κ1) is 27.5. The van der Waals surface area contributed by atoms with Crippen molar-refractivity contribution < 1.29 is 29.0 Å². The third-order valence-corrected chi connectivity index (χ3v) is 6.89. The monoisotopic (exact) mass is 522 g/mol. The zero-order valence-electron chi connectivity index (χ0n) is 22.4. The summed E-state index contributed by atoms with van der Waals surface area (Å²) < 4.78 is 11.3. The molecule has 2 aromatic carbocycles. The van der Waals surface area contributed by atoms with Gasteiger partial charge in [0, 0.05) is 25.4 Å². The van der Waals surface area contributed by atoms with Gasteiger partial charge in [-0.05, 0) is 61.8 Å². The smallest absolute Gasteiger partial charge is 0.409 e. The highest BCUT2D eigenvalue weighted by Crippen LogP contribution is 2.44. The molecule has 0 aliphatic heterocycles. The number of hydrogen-bond donors (Lipinski definition) is 2. The Morgan fingerprint density at radius 1 is 1.03 bits per heavy atom. The molecule has 2 aliphatic rings. The fourth-order valence-electron chi connectivity index (χ4n) is 5.04. The van der Waals surface area contributed by atoms with E-state index in [1.165, 1.54) is 4.90 Å². The van der Waals surface area contributed by atoms with E-state index >= 15 is 0 Å². The molecule has 0 saturated heterocycles. The maximum absolute atomic E-state index is 13.4. The number of hydrogen-bond acceptors (Lipinski definition) is 5. The van der Waals surface area contributed by atoms with Gasteiger partial charge in [0.2, 0.25) is 0 Å². The highest BCUT2D eigenvalue weighted by Gasteiger charge is 2.32. The lowest BCUT2D eigenvalue weighted by atomic mass is 9.98. The number of rotatable bonds is 11. The van der Waals surface area contributed by atoms with Crippen LogP contribution in [0, 0.1) is 5.92 Å². The predicted molar refractivity (Wildman–Crippen MR) is 144 cm³/mol. The zero-order chi connectivity index (χ0) is 27.3. The predicted octanol–water partition coefficient (Wildman–Crippen LogP) is 5.80. The topological polar surface area (TPSA) is 105 Å². The average molecular weight is 523 g/mol. The molecular weight excluding hydrogens is 484 g/mol. The van der Waals surface area contributed by atoms with Gasteiger partial charge in [0.25, 0.3) is 0 Å². The van der Waals surface area contributed by atoms with Gasteiger partial charge in [-0.15, -0.1) is 0 Å². The van der Waals surface area contributed by atoms with Crippen molar-refractivity contribution in [1.29, 1.82) is 0 Å². The number of aliphatic carboxylic acids is 1. The number of alkyl carbamates (subject to hydrolysis) is 1. The van der Waals surface area contributed by atoms with Crippen LogP contribution < -0.4 is 5.32 Å². The van der Waals surface area contributed by atoms with Crippen molar-refractivity contribution in [3.8, 4) is 11.1 Å². The summed E-state index contributed by atoms with van der Waals surface area (Å²) in [7, 11) is 0. The summed E-state index contributed by atoms with van der Waals surface area (Å²) in [5.74, 6) is -0.494. The number of amides is 2. The highest BCUT2D eigenvalue weighted by molar-refractivity contribution is 5.79. The van der Waals surface area contributed by atoms with Crippen LogP contribution in [0.25, 0.3) is 11.1 Å². The average Bonchev–Trinajstić information content (AvgIpc) is 3.60. The van der Waals surface area contributed by atoms with E-state index in [2.05, 4.69) is 29.6 Å². The van der Waals surface area contributed by atoms with Crippen molar-refractivity contribution in [2.75, 3.05) is 19.7 Å². The second-order valence-corrected chi connectivity index (χ2v) is 11.3. The van der Waals surface area contributed by atoms with Crippen LogP contribution in [0.15, 0.2) is 48.5 Å². The largest absolute Gasteiger partial charge is 0.481 e. The maximum Gasteiger partial charge on any atom is 0.409 e. The Balaban J connectivity index is 1.45. The first-order valence-electron chi connectivity index (χ1n) is 13.4. The van der Waals surface area contributed by atoms with Crippen LogP contribution in [0.4, 0.5) is 9.59 Å². The van der Waals surface area contributed by atoms with Crippen LogP contribution in [-0.2, 0) is 14.3 Å². The molecule has 1 saturated carbocycles. The third-order valence-electron chi connectivity index (χ3n) is 6.89. The van der Waals surface area contributed by atoms with Crippen molar-refractivity contribution in [2.45, 2.75) is 70.4 Å². The molecule has 8 heteroatoms. The second-order valence-electron chi connectivity index (χ2n) is 11.3. The van der Waals surface area contributed by atoms with E-state index in [-0.39, 0.29) is 38.1 Å². The SMILES string of the molecule is CC(C)(C)OC(=O)NC(CC1CC1)CN(CCCC(=O)O)C(=O)OCC1c2ccccc2-c2ccccc21. The zero-order valence-corrected chi connectivity index (χ0v) is 22.4. The summed E-state index contributed by atoms with van der Waals surface area (Å²) in [6.07, 6.45) is 2.12. The molecule has 0 bridgehead atoms. The van der Waals surface area contributed by atoms with E-state index in [0.29, 0.717) is 12.3 Å². The van der Waals surface area contributed by atoms with Gasteiger partial charge < -0.3 is 24.8 Å². The number of carbonyl (C=O) groups excluding carboxylic acids is 2. The van der Waals surface area contributed by atoms with Crippen LogP contribution in [0.2, 0.25) is 0 Å².